The number of nitrogens with zero attached hydrogens (tertiary/aromatic N) is 4. The van der Waals surface area contributed by atoms with Gasteiger partial charge in [-0.15, -0.1) is 0 Å². The maximum atomic E-state index is 9.39. The molecule has 4 aromatic carbocycles. The maximum Gasteiger partial charge on any atom is 0.234 e. The first kappa shape index (κ1) is 114. The standard InChI is InChI=1S/C24H46Si2.C22H42Si2.C18H34Si2.C16H30Si2.2C5H9NO.2C3H5NO/c1-6-7-8-9-10-11-12-13-14-15-16-17-22-26(4,5)24-20-18-23(19-21-24)25(2)3;1-6-7-8-9-10-11-12-13-14-15-20-24(4,5)22-18-16-21(17-19-22)23(2)3;1-6-7-8-9-10-11-16-20(4,5)18-14-12-17(13-15-18)19(2)3;1-6-7-8-9-14-18(4,5)16-12-10-15(11-13-16)17(2)3;2*1-2-3-4-6-5-7;2*1-2-4-3-5/h18-21,25H,6-17,22H2,1-5H3;16-19,23H,6-15,20H2,1-5H3;12-15,19H,6-11,16H2,1-5H3;10-13,17H,6-9,14H2,1-5H3;2*2-4H2,1H3;2*2H2,1H3. The third-order valence-electron chi connectivity index (χ3n) is 21.9. The third kappa shape index (κ3) is 67.2. The Morgan fingerprint density at radius 2 is 0.375 bits per heavy atom. The molecule has 112 heavy (non-hydrogen) atoms. The summed E-state index contributed by atoms with van der Waals surface area (Å²) in [6, 6.07) is 44.6. The molecule has 0 saturated heterocycles. The van der Waals surface area contributed by atoms with Gasteiger partial charge in [0, 0.05) is 13.1 Å². The summed E-state index contributed by atoms with van der Waals surface area (Å²) in [7, 11) is -7.32. The van der Waals surface area contributed by atoms with Crippen molar-refractivity contribution in [1.29, 1.82) is 0 Å². The zero-order chi connectivity index (χ0) is 85.0. The average Bonchev–Trinajstić information content (AvgIpc) is 0.862. The first-order valence-electron chi connectivity index (χ1n) is 46.1. The van der Waals surface area contributed by atoms with Crippen LogP contribution in [-0.2, 0) is 19.2 Å². The van der Waals surface area contributed by atoms with Crippen molar-refractivity contribution < 1.29 is 19.2 Å². The molecule has 0 saturated carbocycles. The zero-order valence-electron chi connectivity index (χ0n) is 78.1. The van der Waals surface area contributed by atoms with Gasteiger partial charge in [-0.3, -0.25) is 0 Å². The molecule has 16 heteroatoms. The second kappa shape index (κ2) is 78.3. The van der Waals surface area contributed by atoms with Crippen LogP contribution in [0.3, 0.4) is 0 Å². The normalized spacial score (nSPS) is 11.0. The summed E-state index contributed by atoms with van der Waals surface area (Å²) in [5.74, 6) is 0. The second-order valence-electron chi connectivity index (χ2n) is 35.3. The molecule has 0 atom stereocenters. The molecular formula is C96H180N4O4Si8. The van der Waals surface area contributed by atoms with Crippen molar-refractivity contribution >= 4 is 133 Å². The van der Waals surface area contributed by atoms with Crippen LogP contribution in [0.15, 0.2) is 117 Å². The monoisotopic (exact) mass is 1680 g/mol. The van der Waals surface area contributed by atoms with Crippen molar-refractivity contribution in [2.75, 3.05) is 26.2 Å². The fraction of sp³-hybridized carbons (Fsp3) is 0.708. The van der Waals surface area contributed by atoms with Gasteiger partial charge in [0.25, 0.3) is 0 Å². The summed E-state index contributed by atoms with van der Waals surface area (Å²) in [6.07, 6.45) is 55.9. The lowest BCUT2D eigenvalue weighted by molar-refractivity contribution is 0.547. The Morgan fingerprint density at radius 3 is 0.509 bits per heavy atom. The van der Waals surface area contributed by atoms with Gasteiger partial charge < -0.3 is 0 Å². The molecule has 4 aromatic rings. The van der Waals surface area contributed by atoms with E-state index in [9.17, 15) is 9.59 Å². The topological polar surface area (TPSA) is 118 Å². The van der Waals surface area contributed by atoms with Crippen LogP contribution in [0.2, 0.25) is 129 Å². The fourth-order valence-electron chi connectivity index (χ4n) is 13.4. The summed E-state index contributed by atoms with van der Waals surface area (Å²) in [6.45, 7) is 58.9. The van der Waals surface area contributed by atoms with E-state index in [1.165, 1.54) is 254 Å². The van der Waals surface area contributed by atoms with E-state index in [-0.39, 0.29) is 0 Å². The van der Waals surface area contributed by atoms with Crippen LogP contribution in [0.4, 0.5) is 0 Å². The number of unbranched alkanes of at least 4 members (excludes halogenated alkanes) is 30. The Labute approximate surface area is 706 Å². The molecule has 0 aliphatic heterocycles. The number of isocyanates is 4. The third-order valence-corrected chi connectivity index (χ3v) is 42.8. The van der Waals surface area contributed by atoms with Gasteiger partial charge in [0.15, 0.2) is 0 Å². The van der Waals surface area contributed by atoms with E-state index in [0.717, 1.165) is 25.7 Å². The smallest absolute Gasteiger partial charge is 0.211 e. The number of carbonyl (C=O) groups excluding carboxylic acids is 4. The highest BCUT2D eigenvalue weighted by atomic mass is 28.3. The fourth-order valence-corrected chi connectivity index (χ4v) is 27.2. The highest BCUT2D eigenvalue weighted by molar-refractivity contribution is 6.91. The second-order valence-corrected chi connectivity index (χ2v) is 66.6. The highest BCUT2D eigenvalue weighted by Gasteiger charge is 2.26. The summed E-state index contributed by atoms with van der Waals surface area (Å²) in [5.41, 5.74) is 0. The molecule has 640 valence electrons. The molecule has 0 amide bonds. The Bertz CT molecular complexity index is 2890. The van der Waals surface area contributed by atoms with E-state index in [0.29, 0.717) is 26.2 Å². The molecular weight excluding hydrogens is 1500 g/mol. The summed E-state index contributed by atoms with van der Waals surface area (Å²) in [5, 5.41) is 13.1. The minimum absolute atomic E-state index is 0.545. The van der Waals surface area contributed by atoms with Crippen LogP contribution < -0.4 is 41.5 Å². The number of benzene rings is 4. The molecule has 8 nitrogen and oxygen atoms in total. The molecule has 0 aliphatic carbocycles. The predicted molar refractivity (Wildman–Crippen MR) is 531 cm³/mol. The van der Waals surface area contributed by atoms with Gasteiger partial charge in [-0.2, -0.15) is 0 Å². The van der Waals surface area contributed by atoms with Gasteiger partial charge in [0.1, 0.15) is 0 Å². The maximum absolute atomic E-state index is 9.39. The van der Waals surface area contributed by atoms with Crippen molar-refractivity contribution in [3.8, 4) is 0 Å². The van der Waals surface area contributed by atoms with Crippen molar-refractivity contribution in [3.63, 3.8) is 0 Å². The SMILES string of the molecule is CCCCCCCCCCCCCC[Si](C)(C)c1ccc([SiH](C)C)cc1.CCCCCCCCCCCC[Si](C)(C)c1ccc([SiH](C)C)cc1.CCCCCCCC[Si](C)(C)c1ccc([SiH](C)C)cc1.CCCCCC[Si](C)(C)c1ccc([SiH](C)C)cc1.CCCCN=C=O.CCCCN=C=O.CCN=C=O.CCN=C=O. The van der Waals surface area contributed by atoms with E-state index < -0.39 is 67.5 Å². The lowest BCUT2D eigenvalue weighted by atomic mass is 10.1. The van der Waals surface area contributed by atoms with Gasteiger partial charge in [-0.05, 0) is 26.7 Å². The van der Waals surface area contributed by atoms with Crippen LogP contribution in [0, 0.1) is 0 Å². The van der Waals surface area contributed by atoms with Gasteiger partial charge in [-0.25, -0.2) is 39.1 Å². The first-order chi connectivity index (χ1) is 53.5. The Balaban J connectivity index is -0.000000633. The van der Waals surface area contributed by atoms with Gasteiger partial charge in [-0.1, -0.05) is 527 Å². The van der Waals surface area contributed by atoms with E-state index in [2.05, 4.69) is 263 Å². The van der Waals surface area contributed by atoms with E-state index in [4.69, 9.17) is 9.59 Å². The molecule has 0 aliphatic rings. The Kier molecular flexibility index (Phi) is 80.0. The summed E-state index contributed by atoms with van der Waals surface area (Å²) in [4.78, 5) is 50.0. The zero-order valence-corrected chi connectivity index (χ0v) is 86.7. The van der Waals surface area contributed by atoms with Crippen molar-refractivity contribution in [2.45, 2.75) is 415 Å². The molecule has 0 fully saturated rings. The highest BCUT2D eigenvalue weighted by Crippen LogP contribution is 2.21. The number of rotatable bonds is 52. The van der Waals surface area contributed by atoms with Crippen molar-refractivity contribution in [3.05, 3.63) is 97.1 Å². The van der Waals surface area contributed by atoms with Crippen LogP contribution in [0.5, 0.6) is 0 Å². The number of hydrogen-bond donors (Lipinski definition) is 0. The number of aliphatic imine (C=N–C) groups is 4. The quantitative estimate of drug-likeness (QED) is 0.0189. The molecule has 0 spiro atoms. The molecule has 0 heterocycles. The first-order valence-corrected chi connectivity index (χ1v) is 70.5. The lowest BCUT2D eigenvalue weighted by Crippen LogP contribution is -2.42. The molecule has 0 radical (unpaired) electrons. The summed E-state index contributed by atoms with van der Waals surface area (Å²) >= 11 is 0. The van der Waals surface area contributed by atoms with Crippen molar-refractivity contribution in [2.24, 2.45) is 20.0 Å². The molecule has 0 aromatic heterocycles. The average molecular weight is 1680 g/mol. The van der Waals surface area contributed by atoms with Gasteiger partial charge in [0.05, 0.1) is 80.6 Å². The van der Waals surface area contributed by atoms with Crippen LogP contribution in [0.1, 0.15) is 287 Å². The lowest BCUT2D eigenvalue weighted by Gasteiger charge is -2.23. The molecule has 0 bridgehead atoms. The van der Waals surface area contributed by atoms with Crippen molar-refractivity contribution in [1.82, 2.24) is 0 Å². The van der Waals surface area contributed by atoms with E-state index in [1.807, 2.05) is 0 Å². The Morgan fingerprint density at radius 1 is 0.223 bits per heavy atom. The van der Waals surface area contributed by atoms with Gasteiger partial charge in [0.2, 0.25) is 24.3 Å². The number of hydrogen-bond acceptors (Lipinski definition) is 8. The summed E-state index contributed by atoms with van der Waals surface area (Å²) < 4.78 is 0. The predicted octanol–water partition coefficient (Wildman–Crippen LogP) is 24.7. The van der Waals surface area contributed by atoms with Crippen LogP contribution >= 0.6 is 0 Å². The van der Waals surface area contributed by atoms with Crippen LogP contribution in [0.25, 0.3) is 0 Å². The van der Waals surface area contributed by atoms with Crippen LogP contribution in [-0.4, -0.2) is 118 Å². The van der Waals surface area contributed by atoms with Gasteiger partial charge >= 0.3 is 0 Å². The Hall–Kier alpha value is -3.86. The molecule has 0 N–H and O–H groups in total. The van der Waals surface area contributed by atoms with E-state index >= 15 is 0 Å². The minimum Gasteiger partial charge on any atom is -0.211 e. The largest absolute Gasteiger partial charge is 0.234 e. The molecule has 4 rings (SSSR count). The van der Waals surface area contributed by atoms with E-state index in [1.54, 1.807) is 55.3 Å². The minimum atomic E-state index is -1.22. The molecule has 0 unspecified atom stereocenters.